The summed E-state index contributed by atoms with van der Waals surface area (Å²) in [5, 5.41) is 37.9. The van der Waals surface area contributed by atoms with Crippen molar-refractivity contribution in [2.75, 3.05) is 17.2 Å². The normalized spacial score (nSPS) is 20.5. The minimum atomic E-state index is -0.685. The molecule has 166 valence electrons. The number of nitrogens with zero attached hydrogens (tertiary/aromatic N) is 7. The fraction of sp³-hybridized carbons (Fsp3) is 0.455. The Balaban J connectivity index is 1.36. The number of hydrogen-bond donors (Lipinski definition) is 3. The van der Waals surface area contributed by atoms with E-state index in [2.05, 4.69) is 42.2 Å². The first-order valence-corrected chi connectivity index (χ1v) is 10.8. The van der Waals surface area contributed by atoms with E-state index in [1.54, 1.807) is 4.68 Å². The molecule has 2 heterocycles. The van der Waals surface area contributed by atoms with Gasteiger partial charge < -0.3 is 15.7 Å². The Morgan fingerprint density at radius 1 is 1.31 bits per heavy atom. The van der Waals surface area contributed by atoms with E-state index in [9.17, 15) is 10.4 Å². The molecule has 0 spiro atoms. The Hall–Kier alpha value is -3.58. The van der Waals surface area contributed by atoms with Crippen LogP contribution in [0.25, 0.3) is 5.69 Å². The lowest BCUT2D eigenvalue weighted by Crippen LogP contribution is -2.38. The van der Waals surface area contributed by atoms with Crippen molar-refractivity contribution < 1.29 is 5.11 Å². The van der Waals surface area contributed by atoms with Gasteiger partial charge >= 0.3 is 0 Å². The standard InChI is InChI=1S/C22H27N9O/c1-15-28-29-30-31(15)19-7-5-16(6-8-19)9-11-24-21-25-14-17(13-23)20(27-21)26-18-4-3-10-22(2,32)12-18/h5-8,14,18,32H,3-4,9-12H2,1-2H3,(H2,24,25,26,27)/t18-,22-/m1/s1. The highest BCUT2D eigenvalue weighted by atomic mass is 16.3. The van der Waals surface area contributed by atoms with Crippen molar-refractivity contribution in [3.05, 3.63) is 47.4 Å². The van der Waals surface area contributed by atoms with Gasteiger partial charge in [-0.1, -0.05) is 12.1 Å². The van der Waals surface area contributed by atoms with Gasteiger partial charge in [0.1, 0.15) is 17.5 Å². The van der Waals surface area contributed by atoms with E-state index in [0.717, 1.165) is 42.8 Å². The number of nitriles is 1. The molecule has 2 atom stereocenters. The Bertz CT molecular complexity index is 1100. The quantitative estimate of drug-likeness (QED) is 0.513. The van der Waals surface area contributed by atoms with Gasteiger partial charge in [-0.2, -0.15) is 14.9 Å². The third-order valence-electron chi connectivity index (χ3n) is 5.71. The number of nitrogens with one attached hydrogen (secondary N) is 2. The van der Waals surface area contributed by atoms with E-state index in [1.165, 1.54) is 6.20 Å². The zero-order valence-corrected chi connectivity index (χ0v) is 18.3. The van der Waals surface area contributed by atoms with Crippen LogP contribution in [0.5, 0.6) is 0 Å². The molecule has 1 fully saturated rings. The molecule has 4 rings (SSSR count). The molecule has 10 heteroatoms. The number of aryl methyl sites for hydroxylation is 1. The number of tetrazole rings is 1. The minimum Gasteiger partial charge on any atom is -0.390 e. The van der Waals surface area contributed by atoms with Crippen molar-refractivity contribution in [1.82, 2.24) is 30.2 Å². The van der Waals surface area contributed by atoms with E-state index < -0.39 is 5.60 Å². The topological polar surface area (TPSA) is 137 Å². The average Bonchev–Trinajstić information content (AvgIpc) is 3.20. The summed E-state index contributed by atoms with van der Waals surface area (Å²) in [5.74, 6) is 1.71. The van der Waals surface area contributed by atoms with E-state index in [1.807, 2.05) is 38.1 Å². The maximum Gasteiger partial charge on any atom is 0.224 e. The molecule has 2 aromatic heterocycles. The fourth-order valence-corrected chi connectivity index (χ4v) is 4.03. The molecule has 0 amide bonds. The van der Waals surface area contributed by atoms with Crippen LogP contribution in [0.4, 0.5) is 11.8 Å². The largest absolute Gasteiger partial charge is 0.390 e. The molecule has 0 saturated heterocycles. The molecule has 32 heavy (non-hydrogen) atoms. The summed E-state index contributed by atoms with van der Waals surface area (Å²) in [6.07, 6.45) is 5.62. The molecule has 0 radical (unpaired) electrons. The molecule has 0 aliphatic heterocycles. The summed E-state index contributed by atoms with van der Waals surface area (Å²) in [7, 11) is 0. The second kappa shape index (κ2) is 9.28. The van der Waals surface area contributed by atoms with Crippen molar-refractivity contribution >= 4 is 11.8 Å². The zero-order chi connectivity index (χ0) is 22.6. The summed E-state index contributed by atoms with van der Waals surface area (Å²) in [4.78, 5) is 8.77. The van der Waals surface area contributed by atoms with Crippen LogP contribution >= 0.6 is 0 Å². The third kappa shape index (κ3) is 5.18. The number of benzene rings is 1. The first-order chi connectivity index (χ1) is 15.4. The van der Waals surface area contributed by atoms with Crippen molar-refractivity contribution in [1.29, 1.82) is 5.26 Å². The van der Waals surface area contributed by atoms with Gasteiger partial charge in [-0.15, -0.1) is 5.10 Å². The predicted molar refractivity (Wildman–Crippen MR) is 119 cm³/mol. The molecule has 0 unspecified atom stereocenters. The van der Waals surface area contributed by atoms with E-state index in [0.29, 0.717) is 30.3 Å². The van der Waals surface area contributed by atoms with Crippen LogP contribution in [-0.4, -0.2) is 53.5 Å². The average molecular weight is 434 g/mol. The van der Waals surface area contributed by atoms with Crippen LogP contribution in [0.3, 0.4) is 0 Å². The van der Waals surface area contributed by atoms with Gasteiger partial charge in [-0.25, -0.2) is 4.98 Å². The van der Waals surface area contributed by atoms with Gasteiger partial charge in [0.25, 0.3) is 0 Å². The maximum absolute atomic E-state index is 10.4. The molecule has 1 aliphatic carbocycles. The second-order valence-corrected chi connectivity index (χ2v) is 8.48. The van der Waals surface area contributed by atoms with Gasteiger partial charge in [0, 0.05) is 12.6 Å². The van der Waals surface area contributed by atoms with Crippen molar-refractivity contribution in [3.8, 4) is 11.8 Å². The highest BCUT2D eigenvalue weighted by Crippen LogP contribution is 2.30. The first-order valence-electron chi connectivity index (χ1n) is 10.8. The van der Waals surface area contributed by atoms with Crippen LogP contribution in [-0.2, 0) is 6.42 Å². The molecule has 0 bridgehead atoms. The summed E-state index contributed by atoms with van der Waals surface area (Å²) in [6.45, 7) is 4.36. The van der Waals surface area contributed by atoms with Crippen LogP contribution in [0, 0.1) is 18.3 Å². The molecular formula is C22H27N9O. The first kappa shape index (κ1) is 21.6. The number of aliphatic hydroxyl groups is 1. The molecule has 3 aromatic rings. The number of anilines is 2. The summed E-state index contributed by atoms with van der Waals surface area (Å²) < 4.78 is 1.69. The SMILES string of the molecule is Cc1nnnn1-c1ccc(CCNc2ncc(C#N)c(N[C@@H]3CCC[C@@](C)(O)C3)n2)cc1. The van der Waals surface area contributed by atoms with Crippen LogP contribution in [0.1, 0.15) is 49.6 Å². The van der Waals surface area contributed by atoms with E-state index in [4.69, 9.17) is 0 Å². The molecule has 3 N–H and O–H groups in total. The Morgan fingerprint density at radius 3 is 2.81 bits per heavy atom. The highest BCUT2D eigenvalue weighted by Gasteiger charge is 2.30. The van der Waals surface area contributed by atoms with Crippen molar-refractivity contribution in [2.45, 2.75) is 57.6 Å². The van der Waals surface area contributed by atoms with Crippen molar-refractivity contribution in [2.24, 2.45) is 0 Å². The predicted octanol–water partition coefficient (Wildman–Crippen LogP) is 2.39. The monoisotopic (exact) mass is 433 g/mol. The maximum atomic E-state index is 10.4. The Labute approximate surface area is 186 Å². The molecule has 1 aromatic carbocycles. The van der Waals surface area contributed by atoms with Gasteiger partial charge in [-0.3, -0.25) is 0 Å². The van der Waals surface area contributed by atoms with Gasteiger partial charge in [0.15, 0.2) is 5.82 Å². The van der Waals surface area contributed by atoms with Crippen molar-refractivity contribution in [3.63, 3.8) is 0 Å². The third-order valence-corrected chi connectivity index (χ3v) is 5.71. The molecular weight excluding hydrogens is 406 g/mol. The summed E-state index contributed by atoms with van der Waals surface area (Å²) in [6, 6.07) is 10.3. The van der Waals surface area contributed by atoms with Crippen LogP contribution in [0.15, 0.2) is 30.5 Å². The van der Waals surface area contributed by atoms with E-state index >= 15 is 0 Å². The number of aromatic nitrogens is 6. The van der Waals surface area contributed by atoms with Gasteiger partial charge in [0.05, 0.1) is 17.5 Å². The number of rotatable bonds is 7. The summed E-state index contributed by atoms with van der Waals surface area (Å²) in [5.41, 5.74) is 1.78. The van der Waals surface area contributed by atoms with Crippen LogP contribution < -0.4 is 10.6 Å². The second-order valence-electron chi connectivity index (χ2n) is 8.48. The zero-order valence-electron chi connectivity index (χ0n) is 18.3. The Morgan fingerprint density at radius 2 is 2.12 bits per heavy atom. The highest BCUT2D eigenvalue weighted by molar-refractivity contribution is 5.54. The lowest BCUT2D eigenvalue weighted by atomic mass is 9.83. The Kier molecular flexibility index (Phi) is 6.28. The minimum absolute atomic E-state index is 0.0796. The molecule has 1 aliphatic rings. The van der Waals surface area contributed by atoms with E-state index in [-0.39, 0.29) is 6.04 Å². The smallest absolute Gasteiger partial charge is 0.224 e. The lowest BCUT2D eigenvalue weighted by Gasteiger charge is -2.34. The van der Waals surface area contributed by atoms with Gasteiger partial charge in [0.2, 0.25) is 5.95 Å². The fourth-order valence-electron chi connectivity index (χ4n) is 4.03. The number of hydrogen-bond acceptors (Lipinski definition) is 9. The molecule has 10 nitrogen and oxygen atoms in total. The summed E-state index contributed by atoms with van der Waals surface area (Å²) >= 11 is 0. The van der Waals surface area contributed by atoms with Crippen LogP contribution in [0.2, 0.25) is 0 Å². The molecule has 1 saturated carbocycles. The van der Waals surface area contributed by atoms with Gasteiger partial charge in [-0.05, 0) is 74.1 Å². The lowest BCUT2D eigenvalue weighted by molar-refractivity contribution is 0.0182.